The van der Waals surface area contributed by atoms with Crippen molar-refractivity contribution in [1.29, 1.82) is 5.26 Å². The maximum absolute atomic E-state index is 13.7. The van der Waals surface area contributed by atoms with E-state index in [1.54, 1.807) is 35.8 Å². The Labute approximate surface area is 218 Å². The Hall–Kier alpha value is -4.16. The molecule has 2 aromatic carbocycles. The smallest absolute Gasteiger partial charge is 0.338 e. The van der Waals surface area contributed by atoms with Gasteiger partial charge in [0.1, 0.15) is 6.07 Å². The second-order valence-corrected chi connectivity index (χ2v) is 9.76. The number of esters is 1. The average molecular weight is 518 g/mol. The number of nitriles is 1. The lowest BCUT2D eigenvalue weighted by molar-refractivity contribution is -0.136. The molecule has 4 rings (SSSR count). The summed E-state index contributed by atoms with van der Waals surface area (Å²) in [4.78, 5) is 31.6. The van der Waals surface area contributed by atoms with Crippen molar-refractivity contribution in [3.63, 3.8) is 0 Å². The fourth-order valence-electron chi connectivity index (χ4n) is 4.23. The third kappa shape index (κ3) is 5.06. The van der Waals surface area contributed by atoms with Crippen molar-refractivity contribution < 1.29 is 19.0 Å². The molecule has 0 saturated heterocycles. The number of rotatable bonds is 7. The molecule has 1 atom stereocenters. The minimum atomic E-state index is -0.664. The van der Waals surface area contributed by atoms with Gasteiger partial charge in [0.2, 0.25) is 0 Å². The summed E-state index contributed by atoms with van der Waals surface area (Å²) in [5.41, 5.74) is 3.25. The average Bonchev–Trinajstić information content (AvgIpc) is 3.20. The number of benzene rings is 2. The molecule has 37 heavy (non-hydrogen) atoms. The topological polar surface area (TPSA) is 103 Å². The van der Waals surface area contributed by atoms with Crippen LogP contribution in [0.4, 0.5) is 0 Å². The van der Waals surface area contributed by atoms with Gasteiger partial charge in [0, 0.05) is 0 Å². The predicted molar refractivity (Wildman–Crippen MR) is 140 cm³/mol. The van der Waals surface area contributed by atoms with E-state index >= 15 is 0 Å². The quantitative estimate of drug-likeness (QED) is 0.445. The molecule has 2 heterocycles. The Morgan fingerprint density at radius 3 is 2.54 bits per heavy atom. The number of nitrogens with zero attached hydrogens (tertiary/aromatic N) is 3. The summed E-state index contributed by atoms with van der Waals surface area (Å²) in [6, 6.07) is 14.4. The Kier molecular flexibility index (Phi) is 7.60. The van der Waals surface area contributed by atoms with Gasteiger partial charge in [0.05, 0.1) is 36.1 Å². The molecule has 0 bridgehead atoms. The number of carbonyl (C=O) groups is 1. The predicted octanol–water partition coefficient (Wildman–Crippen LogP) is 3.44. The molecular formula is C28H27N3O5S. The number of hydrogen-bond acceptors (Lipinski definition) is 8. The summed E-state index contributed by atoms with van der Waals surface area (Å²) in [7, 11) is 2.83. The summed E-state index contributed by atoms with van der Waals surface area (Å²) in [6.45, 7) is 5.87. The van der Waals surface area contributed by atoms with E-state index in [0.29, 0.717) is 43.6 Å². The van der Waals surface area contributed by atoms with Crippen molar-refractivity contribution in [3.05, 3.63) is 90.1 Å². The van der Waals surface area contributed by atoms with Gasteiger partial charge in [-0.1, -0.05) is 55.5 Å². The van der Waals surface area contributed by atoms with E-state index in [-0.39, 0.29) is 12.2 Å². The first-order valence-corrected chi connectivity index (χ1v) is 12.5. The second kappa shape index (κ2) is 10.8. The Balaban J connectivity index is 1.87. The van der Waals surface area contributed by atoms with Gasteiger partial charge in [-0.25, -0.2) is 9.79 Å². The lowest BCUT2D eigenvalue weighted by Gasteiger charge is -2.24. The molecule has 1 aliphatic heterocycles. The molecule has 1 aliphatic rings. The number of allylic oxidation sites excluding steroid dienone is 1. The van der Waals surface area contributed by atoms with Crippen LogP contribution >= 0.6 is 11.3 Å². The molecule has 1 aromatic heterocycles. The van der Waals surface area contributed by atoms with Gasteiger partial charge in [0.15, 0.2) is 22.9 Å². The van der Waals surface area contributed by atoms with Gasteiger partial charge in [-0.3, -0.25) is 9.36 Å². The van der Waals surface area contributed by atoms with Crippen molar-refractivity contribution in [2.45, 2.75) is 32.7 Å². The van der Waals surface area contributed by atoms with Crippen LogP contribution in [0.15, 0.2) is 63.5 Å². The summed E-state index contributed by atoms with van der Waals surface area (Å²) >= 11 is 1.25. The van der Waals surface area contributed by atoms with Gasteiger partial charge < -0.3 is 14.2 Å². The highest BCUT2D eigenvalue weighted by Crippen LogP contribution is 2.32. The van der Waals surface area contributed by atoms with Gasteiger partial charge in [-0.2, -0.15) is 5.26 Å². The minimum absolute atomic E-state index is 0.103. The highest BCUT2D eigenvalue weighted by Gasteiger charge is 2.33. The number of fused-ring (bicyclic) bond motifs is 1. The molecule has 3 aromatic rings. The summed E-state index contributed by atoms with van der Waals surface area (Å²) in [6.07, 6.45) is 1.75. The summed E-state index contributed by atoms with van der Waals surface area (Å²) in [5, 5.41) is 8.78. The van der Waals surface area contributed by atoms with Crippen LogP contribution in [-0.2, 0) is 9.53 Å². The lowest BCUT2D eigenvalue weighted by Crippen LogP contribution is -2.39. The Bertz CT molecular complexity index is 1590. The maximum atomic E-state index is 13.7. The van der Waals surface area contributed by atoms with Crippen LogP contribution in [0, 0.1) is 11.3 Å². The van der Waals surface area contributed by atoms with Crippen LogP contribution in [0.2, 0.25) is 0 Å². The molecule has 9 heteroatoms. The van der Waals surface area contributed by atoms with Crippen molar-refractivity contribution in [2.75, 3.05) is 20.8 Å². The Morgan fingerprint density at radius 2 is 1.92 bits per heavy atom. The number of ether oxygens (including phenoxy) is 3. The molecule has 0 fully saturated rings. The first-order valence-electron chi connectivity index (χ1n) is 11.7. The molecule has 0 aliphatic carbocycles. The van der Waals surface area contributed by atoms with Crippen molar-refractivity contribution in [1.82, 2.24) is 4.57 Å². The molecule has 0 saturated carbocycles. The SMILES string of the molecule is COC(=O)C1=C(C)N=c2sc(=Cc3ccc(OCC#N)c(OC)c3)c(=O)n2C1c1ccc(C(C)C)cc1. The van der Waals surface area contributed by atoms with Crippen LogP contribution in [0.3, 0.4) is 0 Å². The van der Waals surface area contributed by atoms with Gasteiger partial charge in [0.25, 0.3) is 5.56 Å². The number of aromatic nitrogens is 1. The van der Waals surface area contributed by atoms with E-state index in [1.807, 2.05) is 30.3 Å². The van der Waals surface area contributed by atoms with Gasteiger partial charge in [-0.15, -0.1) is 0 Å². The van der Waals surface area contributed by atoms with Crippen LogP contribution in [0.5, 0.6) is 11.5 Å². The monoisotopic (exact) mass is 517 g/mol. The molecule has 190 valence electrons. The zero-order valence-corrected chi connectivity index (χ0v) is 22.1. The largest absolute Gasteiger partial charge is 0.493 e. The molecule has 0 N–H and O–H groups in total. The first kappa shape index (κ1) is 25.9. The molecule has 0 amide bonds. The van der Waals surface area contributed by atoms with E-state index in [9.17, 15) is 9.59 Å². The van der Waals surface area contributed by atoms with E-state index in [0.717, 1.165) is 11.1 Å². The first-order chi connectivity index (χ1) is 17.8. The standard InChI is InChI=1S/C28H27N3O5S/c1-16(2)19-7-9-20(10-8-19)25-24(27(33)35-5)17(3)30-28-31(25)26(32)23(37-28)15-18-6-11-21(36-13-12-29)22(14-18)34-4/h6-11,14-16,25H,13H2,1-5H3. The fourth-order valence-corrected chi connectivity index (χ4v) is 5.27. The number of carbonyl (C=O) groups excluding carboxylic acids is 1. The van der Waals surface area contributed by atoms with Gasteiger partial charge >= 0.3 is 5.97 Å². The van der Waals surface area contributed by atoms with Crippen LogP contribution in [0.1, 0.15) is 49.4 Å². The van der Waals surface area contributed by atoms with Gasteiger partial charge in [-0.05, 0) is 47.7 Å². The maximum Gasteiger partial charge on any atom is 0.338 e. The third-order valence-electron chi connectivity index (χ3n) is 6.12. The van der Waals surface area contributed by atoms with Crippen molar-refractivity contribution >= 4 is 23.4 Å². The third-order valence-corrected chi connectivity index (χ3v) is 7.11. The number of thiazole rings is 1. The zero-order chi connectivity index (χ0) is 26.7. The Morgan fingerprint density at radius 1 is 1.19 bits per heavy atom. The summed E-state index contributed by atoms with van der Waals surface area (Å²) < 4.78 is 17.9. The minimum Gasteiger partial charge on any atom is -0.493 e. The van der Waals surface area contributed by atoms with E-state index in [1.165, 1.54) is 25.6 Å². The fraction of sp³-hybridized carbons (Fsp3) is 0.286. The van der Waals surface area contributed by atoms with Crippen LogP contribution in [0.25, 0.3) is 6.08 Å². The molecular weight excluding hydrogens is 490 g/mol. The number of hydrogen-bond donors (Lipinski definition) is 0. The molecule has 0 spiro atoms. The van der Waals surface area contributed by atoms with Crippen molar-refractivity contribution in [2.24, 2.45) is 4.99 Å². The number of methoxy groups -OCH3 is 2. The zero-order valence-electron chi connectivity index (χ0n) is 21.3. The van der Waals surface area contributed by atoms with Crippen molar-refractivity contribution in [3.8, 4) is 17.6 Å². The normalized spacial score (nSPS) is 15.2. The van der Waals surface area contributed by atoms with Crippen LogP contribution in [-0.4, -0.2) is 31.4 Å². The van der Waals surface area contributed by atoms with E-state index in [2.05, 4.69) is 18.8 Å². The van der Waals surface area contributed by atoms with Crippen LogP contribution < -0.4 is 24.4 Å². The highest BCUT2D eigenvalue weighted by molar-refractivity contribution is 7.07. The molecule has 8 nitrogen and oxygen atoms in total. The molecule has 0 radical (unpaired) electrons. The second-order valence-electron chi connectivity index (χ2n) is 8.75. The van der Waals surface area contributed by atoms with E-state index < -0.39 is 12.0 Å². The van der Waals surface area contributed by atoms with E-state index in [4.69, 9.17) is 19.5 Å². The molecule has 1 unspecified atom stereocenters. The highest BCUT2D eigenvalue weighted by atomic mass is 32.1. The summed E-state index contributed by atoms with van der Waals surface area (Å²) in [5.74, 6) is 0.711. The lowest BCUT2D eigenvalue weighted by atomic mass is 9.93.